The largest absolute Gasteiger partial charge is 0.399 e. The van der Waals surface area contributed by atoms with Gasteiger partial charge in [-0.1, -0.05) is 24.2 Å². The molecule has 2 saturated heterocycles. The lowest BCUT2D eigenvalue weighted by molar-refractivity contribution is -0.0509. The predicted molar refractivity (Wildman–Crippen MR) is 81.3 cm³/mol. The molecule has 0 radical (unpaired) electrons. The number of fused-ring (bicyclic) bond motifs is 2. The highest BCUT2D eigenvalue weighted by atomic mass is 19.1. The number of nitrogens with zero attached hydrogens (tertiary/aromatic N) is 1. The van der Waals surface area contributed by atoms with E-state index in [1.54, 1.807) is 0 Å². The number of ether oxygens (including phenoxy) is 1. The SMILES string of the molecule is CCC(=NOC)[C@@H]1[C@@H]2OC(CC2O)C[C@H]1c1ccc(F)cc1. The van der Waals surface area contributed by atoms with Crippen molar-refractivity contribution in [3.05, 3.63) is 35.6 Å². The lowest BCUT2D eigenvalue weighted by Gasteiger charge is -2.38. The van der Waals surface area contributed by atoms with Crippen LogP contribution in [0.2, 0.25) is 0 Å². The molecule has 120 valence electrons. The molecule has 2 fully saturated rings. The Morgan fingerprint density at radius 2 is 2.09 bits per heavy atom. The maximum atomic E-state index is 13.2. The van der Waals surface area contributed by atoms with Crippen LogP contribution in [0.25, 0.3) is 0 Å². The molecule has 2 aliphatic heterocycles. The summed E-state index contributed by atoms with van der Waals surface area (Å²) >= 11 is 0. The summed E-state index contributed by atoms with van der Waals surface area (Å²) in [5.74, 6) is -0.115. The fourth-order valence-corrected chi connectivity index (χ4v) is 3.86. The standard InChI is InChI=1S/C17H22FNO3/c1-3-14(19-21-2)16-13(10-4-6-11(18)7-5-10)8-12-9-15(20)17(16)22-12/h4-7,12-13,15-17,20H,3,8-9H2,1-2H3/t12?,13-,15?,16+,17+/m0/s1. The first-order valence-corrected chi connectivity index (χ1v) is 7.83. The van der Waals surface area contributed by atoms with Gasteiger partial charge < -0.3 is 14.7 Å². The van der Waals surface area contributed by atoms with Crippen molar-refractivity contribution < 1.29 is 19.1 Å². The molecule has 1 N–H and O–H groups in total. The number of oxime groups is 1. The maximum Gasteiger partial charge on any atom is 0.123 e. The third kappa shape index (κ3) is 2.75. The fraction of sp³-hybridized carbons (Fsp3) is 0.588. The normalized spacial score (nSPS) is 34.7. The van der Waals surface area contributed by atoms with Gasteiger partial charge in [-0.05, 0) is 36.5 Å². The summed E-state index contributed by atoms with van der Waals surface area (Å²) < 4.78 is 19.2. The molecular formula is C17H22FNO3. The summed E-state index contributed by atoms with van der Waals surface area (Å²) in [7, 11) is 1.53. The van der Waals surface area contributed by atoms with Crippen LogP contribution in [-0.4, -0.2) is 36.2 Å². The summed E-state index contributed by atoms with van der Waals surface area (Å²) in [5, 5.41) is 14.5. The Balaban J connectivity index is 1.98. The van der Waals surface area contributed by atoms with Gasteiger partial charge in [0, 0.05) is 12.3 Å². The van der Waals surface area contributed by atoms with Gasteiger partial charge >= 0.3 is 0 Å². The molecule has 0 spiro atoms. The molecule has 2 aliphatic rings. The second kappa shape index (κ2) is 6.34. The minimum absolute atomic E-state index is 0.0378. The van der Waals surface area contributed by atoms with Crippen LogP contribution in [0.5, 0.6) is 0 Å². The molecule has 2 bridgehead atoms. The van der Waals surface area contributed by atoms with Gasteiger partial charge in [0.25, 0.3) is 0 Å². The predicted octanol–water partition coefficient (Wildman–Crippen LogP) is 2.86. The van der Waals surface area contributed by atoms with E-state index in [2.05, 4.69) is 5.16 Å². The first-order valence-electron chi connectivity index (χ1n) is 7.83. The summed E-state index contributed by atoms with van der Waals surface area (Å²) in [6.45, 7) is 2.02. The van der Waals surface area contributed by atoms with Crippen LogP contribution in [0.4, 0.5) is 4.39 Å². The van der Waals surface area contributed by atoms with Crippen molar-refractivity contribution in [1.82, 2.24) is 0 Å². The zero-order chi connectivity index (χ0) is 15.7. The van der Waals surface area contributed by atoms with Gasteiger partial charge in [0.2, 0.25) is 0 Å². The van der Waals surface area contributed by atoms with Crippen LogP contribution in [0.3, 0.4) is 0 Å². The lowest BCUT2D eigenvalue weighted by atomic mass is 9.75. The van der Waals surface area contributed by atoms with Gasteiger partial charge in [-0.25, -0.2) is 4.39 Å². The molecule has 3 rings (SSSR count). The highest BCUT2D eigenvalue weighted by molar-refractivity contribution is 5.87. The second-order valence-corrected chi connectivity index (χ2v) is 6.06. The molecule has 0 aromatic heterocycles. The number of benzene rings is 1. The smallest absolute Gasteiger partial charge is 0.123 e. The van der Waals surface area contributed by atoms with E-state index in [4.69, 9.17) is 9.57 Å². The molecule has 0 amide bonds. The van der Waals surface area contributed by atoms with E-state index >= 15 is 0 Å². The Kier molecular flexibility index (Phi) is 4.45. The second-order valence-electron chi connectivity index (χ2n) is 6.06. The van der Waals surface area contributed by atoms with Gasteiger partial charge in [0.1, 0.15) is 12.9 Å². The van der Waals surface area contributed by atoms with Crippen molar-refractivity contribution in [2.75, 3.05) is 7.11 Å². The molecule has 1 aromatic carbocycles. The average molecular weight is 307 g/mol. The number of halogens is 1. The van der Waals surface area contributed by atoms with Crippen LogP contribution in [0.1, 0.15) is 37.7 Å². The molecule has 2 heterocycles. The Morgan fingerprint density at radius 1 is 1.36 bits per heavy atom. The van der Waals surface area contributed by atoms with E-state index in [0.717, 1.165) is 24.1 Å². The molecule has 0 saturated carbocycles. The Bertz CT molecular complexity index is 545. The van der Waals surface area contributed by atoms with E-state index < -0.39 is 6.10 Å². The van der Waals surface area contributed by atoms with E-state index in [9.17, 15) is 9.50 Å². The van der Waals surface area contributed by atoms with Crippen molar-refractivity contribution >= 4 is 5.71 Å². The van der Waals surface area contributed by atoms with Gasteiger partial charge in [-0.2, -0.15) is 0 Å². The molecule has 4 nitrogen and oxygen atoms in total. The lowest BCUT2D eigenvalue weighted by Crippen LogP contribution is -2.42. The topological polar surface area (TPSA) is 51.0 Å². The van der Waals surface area contributed by atoms with E-state index in [1.807, 2.05) is 19.1 Å². The quantitative estimate of drug-likeness (QED) is 0.687. The van der Waals surface area contributed by atoms with Crippen molar-refractivity contribution in [2.45, 2.75) is 50.4 Å². The third-order valence-corrected chi connectivity index (χ3v) is 4.79. The monoisotopic (exact) mass is 307 g/mol. The first kappa shape index (κ1) is 15.4. The molecule has 0 aliphatic carbocycles. The first-order chi connectivity index (χ1) is 10.6. The summed E-state index contributed by atoms with van der Waals surface area (Å²) in [6.07, 6.45) is 1.52. The highest BCUT2D eigenvalue weighted by Crippen LogP contribution is 2.46. The zero-order valence-electron chi connectivity index (χ0n) is 12.9. The third-order valence-electron chi connectivity index (χ3n) is 4.79. The molecular weight excluding hydrogens is 285 g/mol. The van der Waals surface area contributed by atoms with E-state index in [0.29, 0.717) is 6.42 Å². The number of rotatable bonds is 4. The van der Waals surface area contributed by atoms with Gasteiger partial charge in [-0.15, -0.1) is 0 Å². The molecule has 1 aromatic rings. The summed E-state index contributed by atoms with van der Waals surface area (Å²) in [4.78, 5) is 4.98. The van der Waals surface area contributed by atoms with Crippen LogP contribution in [-0.2, 0) is 9.57 Å². The van der Waals surface area contributed by atoms with Crippen LogP contribution in [0.15, 0.2) is 29.4 Å². The Hall–Kier alpha value is -1.46. The van der Waals surface area contributed by atoms with E-state index in [1.165, 1.54) is 19.2 Å². The maximum absolute atomic E-state index is 13.2. The van der Waals surface area contributed by atoms with Gasteiger partial charge in [-0.3, -0.25) is 0 Å². The van der Waals surface area contributed by atoms with Crippen LogP contribution >= 0.6 is 0 Å². The number of hydrogen-bond donors (Lipinski definition) is 1. The van der Waals surface area contributed by atoms with Gasteiger partial charge in [0.05, 0.1) is 24.0 Å². The number of hydrogen-bond acceptors (Lipinski definition) is 4. The molecule has 22 heavy (non-hydrogen) atoms. The minimum atomic E-state index is -0.478. The van der Waals surface area contributed by atoms with Crippen LogP contribution in [0, 0.1) is 11.7 Å². The van der Waals surface area contributed by atoms with E-state index in [-0.39, 0.29) is 29.9 Å². The molecule has 5 atom stereocenters. The minimum Gasteiger partial charge on any atom is -0.399 e. The fourth-order valence-electron chi connectivity index (χ4n) is 3.86. The zero-order valence-corrected chi connectivity index (χ0v) is 12.9. The average Bonchev–Trinajstić information content (AvgIpc) is 2.81. The number of aliphatic hydroxyl groups excluding tert-OH is 1. The Labute approximate surface area is 129 Å². The molecule has 5 heteroatoms. The van der Waals surface area contributed by atoms with Crippen molar-refractivity contribution in [2.24, 2.45) is 11.1 Å². The van der Waals surface area contributed by atoms with Crippen molar-refractivity contribution in [3.8, 4) is 0 Å². The van der Waals surface area contributed by atoms with Crippen molar-refractivity contribution in [3.63, 3.8) is 0 Å². The van der Waals surface area contributed by atoms with Crippen LogP contribution < -0.4 is 0 Å². The number of aliphatic hydroxyl groups is 1. The highest BCUT2D eigenvalue weighted by Gasteiger charge is 2.50. The molecule has 2 unspecified atom stereocenters. The summed E-state index contributed by atoms with van der Waals surface area (Å²) in [5.41, 5.74) is 1.96. The Morgan fingerprint density at radius 3 is 2.73 bits per heavy atom. The van der Waals surface area contributed by atoms with Crippen molar-refractivity contribution in [1.29, 1.82) is 0 Å². The summed E-state index contributed by atoms with van der Waals surface area (Å²) in [6, 6.07) is 6.62. The van der Waals surface area contributed by atoms with Gasteiger partial charge in [0.15, 0.2) is 0 Å².